The van der Waals surface area contributed by atoms with E-state index in [0.717, 1.165) is 39.8 Å². The van der Waals surface area contributed by atoms with Crippen molar-refractivity contribution < 1.29 is 14.3 Å². The number of ether oxygens (including phenoxy) is 1. The highest BCUT2D eigenvalue weighted by molar-refractivity contribution is 5.95. The molecule has 1 atom stereocenters. The zero-order valence-electron chi connectivity index (χ0n) is 25.7. The van der Waals surface area contributed by atoms with Crippen molar-refractivity contribution in [3.05, 3.63) is 150 Å². The van der Waals surface area contributed by atoms with Gasteiger partial charge in [0.1, 0.15) is 12.4 Å². The molecule has 5 aromatic rings. The van der Waals surface area contributed by atoms with Gasteiger partial charge < -0.3 is 14.5 Å². The highest BCUT2D eigenvalue weighted by Crippen LogP contribution is 2.24. The molecule has 46 heavy (non-hydrogen) atoms. The van der Waals surface area contributed by atoms with Gasteiger partial charge in [-0.15, -0.1) is 0 Å². The van der Waals surface area contributed by atoms with E-state index in [1.54, 1.807) is 42.7 Å². The molecule has 8 heteroatoms. The van der Waals surface area contributed by atoms with Gasteiger partial charge in [-0.1, -0.05) is 78.9 Å². The summed E-state index contributed by atoms with van der Waals surface area (Å²) >= 11 is 0. The Balaban J connectivity index is 1.34. The lowest BCUT2D eigenvalue weighted by Crippen LogP contribution is -2.52. The first-order valence-electron chi connectivity index (χ1n) is 15.3. The van der Waals surface area contributed by atoms with Crippen LogP contribution in [-0.2, 0) is 35.5 Å². The first-order valence-corrected chi connectivity index (χ1v) is 15.3. The monoisotopic (exact) mass is 609 g/mol. The van der Waals surface area contributed by atoms with Crippen LogP contribution in [0.4, 0.5) is 0 Å². The number of carbonyl (C=O) groups excluding carboxylic acids is 2. The lowest BCUT2D eigenvalue weighted by molar-refractivity contribution is -0.144. The third-order valence-electron chi connectivity index (χ3n) is 8.25. The highest BCUT2D eigenvalue weighted by Gasteiger charge is 2.34. The molecule has 0 fully saturated rings. The number of aromatic nitrogens is 3. The maximum absolute atomic E-state index is 14.5. The average molecular weight is 610 g/mol. The number of rotatable bonds is 10. The second-order valence-corrected chi connectivity index (χ2v) is 11.2. The van der Waals surface area contributed by atoms with Gasteiger partial charge in [-0.05, 0) is 51.9 Å². The van der Waals surface area contributed by atoms with Crippen molar-refractivity contribution >= 4 is 17.9 Å². The third kappa shape index (κ3) is 7.35. The number of fused-ring (bicyclic) bond motifs is 1. The zero-order chi connectivity index (χ0) is 31.7. The normalized spacial score (nSPS) is 13.2. The first kappa shape index (κ1) is 30.4. The van der Waals surface area contributed by atoms with Gasteiger partial charge in [-0.2, -0.15) is 0 Å². The van der Waals surface area contributed by atoms with E-state index in [0.29, 0.717) is 25.4 Å². The van der Waals surface area contributed by atoms with Crippen molar-refractivity contribution in [1.29, 1.82) is 0 Å². The Bertz CT molecular complexity index is 1790. The minimum atomic E-state index is -0.721. The molecule has 0 spiro atoms. The van der Waals surface area contributed by atoms with E-state index < -0.39 is 6.04 Å². The molecule has 0 bridgehead atoms. The lowest BCUT2D eigenvalue weighted by Gasteiger charge is -2.37. The standard InChI is InChI=1S/C38H35N5O3/c1-46-36-17-13-29(22-41-36)14-18-37(44)43(25-30-11-15-32(16-12-30)34-23-39-27-40-24-34)35(21-28-7-3-2-4-8-28)38(45)42-20-19-31-9-5-6-10-33(31)26-42/h2-18,22-24,27,35H,19-21,25-26H2,1H3. The summed E-state index contributed by atoms with van der Waals surface area (Å²) in [4.78, 5) is 44.8. The molecule has 0 saturated heterocycles. The largest absolute Gasteiger partial charge is 0.481 e. The number of amides is 2. The Morgan fingerprint density at radius 2 is 1.59 bits per heavy atom. The fraction of sp³-hybridized carbons (Fsp3) is 0.184. The summed E-state index contributed by atoms with van der Waals surface area (Å²) in [6, 6.07) is 29.0. The molecule has 3 aromatic carbocycles. The van der Waals surface area contributed by atoms with Gasteiger partial charge in [0.05, 0.1) is 7.11 Å². The minimum Gasteiger partial charge on any atom is -0.481 e. The predicted molar refractivity (Wildman–Crippen MR) is 177 cm³/mol. The summed E-state index contributed by atoms with van der Waals surface area (Å²) in [7, 11) is 1.56. The maximum atomic E-state index is 14.5. The molecule has 8 nitrogen and oxygen atoms in total. The smallest absolute Gasteiger partial charge is 0.247 e. The van der Waals surface area contributed by atoms with Crippen molar-refractivity contribution in [1.82, 2.24) is 24.8 Å². The number of methoxy groups -OCH3 is 1. The number of hydrogen-bond acceptors (Lipinski definition) is 6. The van der Waals surface area contributed by atoms with Crippen LogP contribution in [0.1, 0.15) is 27.8 Å². The SMILES string of the molecule is COc1ccc(C=CC(=O)N(Cc2ccc(-c3cncnc3)cc2)C(Cc2ccccc2)C(=O)N2CCc3ccccc3C2)cn1. The van der Waals surface area contributed by atoms with Crippen molar-refractivity contribution in [3.63, 3.8) is 0 Å². The zero-order valence-corrected chi connectivity index (χ0v) is 25.7. The number of nitrogens with zero attached hydrogens (tertiary/aromatic N) is 5. The summed E-state index contributed by atoms with van der Waals surface area (Å²) in [6.07, 6.45) is 11.1. The molecular formula is C38H35N5O3. The number of carbonyl (C=O) groups is 2. The summed E-state index contributed by atoms with van der Waals surface area (Å²) in [6.45, 7) is 1.37. The first-order chi connectivity index (χ1) is 22.6. The Morgan fingerprint density at radius 3 is 2.30 bits per heavy atom. The summed E-state index contributed by atoms with van der Waals surface area (Å²) in [5.41, 5.74) is 6.92. The van der Waals surface area contributed by atoms with E-state index in [1.165, 1.54) is 18.0 Å². The van der Waals surface area contributed by atoms with E-state index in [4.69, 9.17) is 4.74 Å². The molecule has 3 heterocycles. The molecule has 2 amide bonds. The number of benzene rings is 3. The summed E-state index contributed by atoms with van der Waals surface area (Å²) in [5.74, 6) is 0.166. The Morgan fingerprint density at radius 1 is 0.848 bits per heavy atom. The molecule has 1 aliphatic heterocycles. The Hall–Kier alpha value is -5.63. The topological polar surface area (TPSA) is 88.5 Å². The van der Waals surface area contributed by atoms with E-state index in [-0.39, 0.29) is 18.4 Å². The van der Waals surface area contributed by atoms with Gasteiger partial charge in [-0.25, -0.2) is 15.0 Å². The summed E-state index contributed by atoms with van der Waals surface area (Å²) in [5, 5.41) is 0. The van der Waals surface area contributed by atoms with Gasteiger partial charge in [0, 0.05) is 62.4 Å². The van der Waals surface area contributed by atoms with Crippen LogP contribution in [0.25, 0.3) is 17.2 Å². The van der Waals surface area contributed by atoms with Gasteiger partial charge in [0.15, 0.2) is 0 Å². The minimum absolute atomic E-state index is 0.0655. The molecular weight excluding hydrogens is 574 g/mol. The van der Waals surface area contributed by atoms with E-state index in [1.807, 2.05) is 77.7 Å². The van der Waals surface area contributed by atoms with Crippen LogP contribution < -0.4 is 4.74 Å². The average Bonchev–Trinajstić information content (AvgIpc) is 3.13. The molecule has 1 unspecified atom stereocenters. The molecule has 0 radical (unpaired) electrons. The van der Waals surface area contributed by atoms with Crippen molar-refractivity contribution in [3.8, 4) is 17.0 Å². The van der Waals surface area contributed by atoms with E-state index >= 15 is 0 Å². The van der Waals surface area contributed by atoms with Crippen LogP contribution in [0.2, 0.25) is 0 Å². The van der Waals surface area contributed by atoms with Crippen LogP contribution in [0.15, 0.2) is 122 Å². The third-order valence-corrected chi connectivity index (χ3v) is 8.25. The molecule has 0 N–H and O–H groups in total. The quantitative estimate of drug-likeness (QED) is 0.187. The van der Waals surface area contributed by atoms with Crippen LogP contribution in [0.3, 0.4) is 0 Å². The Kier molecular flexibility index (Phi) is 9.54. The Labute approximate surface area is 269 Å². The highest BCUT2D eigenvalue weighted by atomic mass is 16.5. The maximum Gasteiger partial charge on any atom is 0.247 e. The van der Waals surface area contributed by atoms with Crippen LogP contribution in [0, 0.1) is 0 Å². The second-order valence-electron chi connectivity index (χ2n) is 11.2. The molecule has 1 aliphatic rings. The van der Waals surface area contributed by atoms with Gasteiger partial charge >= 0.3 is 0 Å². The fourth-order valence-corrected chi connectivity index (χ4v) is 5.73. The molecule has 2 aromatic heterocycles. The van der Waals surface area contributed by atoms with Gasteiger partial charge in [0.2, 0.25) is 17.7 Å². The number of hydrogen-bond donors (Lipinski definition) is 0. The van der Waals surface area contributed by atoms with Gasteiger partial charge in [-0.3, -0.25) is 9.59 Å². The van der Waals surface area contributed by atoms with E-state index in [2.05, 4.69) is 27.1 Å². The van der Waals surface area contributed by atoms with E-state index in [9.17, 15) is 9.59 Å². The molecule has 6 rings (SSSR count). The van der Waals surface area contributed by atoms with Crippen LogP contribution in [-0.4, -0.2) is 56.3 Å². The second kappa shape index (κ2) is 14.4. The van der Waals surface area contributed by atoms with Gasteiger partial charge in [0.25, 0.3) is 0 Å². The summed E-state index contributed by atoms with van der Waals surface area (Å²) < 4.78 is 5.17. The molecule has 0 aliphatic carbocycles. The van der Waals surface area contributed by atoms with Crippen LogP contribution >= 0.6 is 0 Å². The van der Waals surface area contributed by atoms with Crippen molar-refractivity contribution in [2.24, 2.45) is 0 Å². The van der Waals surface area contributed by atoms with Crippen molar-refractivity contribution in [2.45, 2.75) is 32.0 Å². The molecule has 0 saturated carbocycles. The fourth-order valence-electron chi connectivity index (χ4n) is 5.73. The van der Waals surface area contributed by atoms with Crippen molar-refractivity contribution in [2.75, 3.05) is 13.7 Å². The van der Waals surface area contributed by atoms with Crippen LogP contribution in [0.5, 0.6) is 5.88 Å². The predicted octanol–water partition coefficient (Wildman–Crippen LogP) is 5.79. The lowest BCUT2D eigenvalue weighted by atomic mass is 9.97. The number of pyridine rings is 1. The molecule has 230 valence electrons.